The number of phenolic OH excluding ortho intramolecular Hbond substituents is 1. The van der Waals surface area contributed by atoms with Crippen LogP contribution in [0.25, 0.3) is 22.6 Å². The number of phenols is 1. The average molecular weight is 540 g/mol. The third kappa shape index (κ3) is 4.90. The number of rotatable bonds is 5. The third-order valence-corrected chi connectivity index (χ3v) is 6.11. The van der Waals surface area contributed by atoms with Gasteiger partial charge in [-0.2, -0.15) is 0 Å². The fourth-order valence-corrected chi connectivity index (χ4v) is 4.22. The second-order valence-electron chi connectivity index (χ2n) is 7.62. The summed E-state index contributed by atoms with van der Waals surface area (Å²) in [6, 6.07) is 14.2. The van der Waals surface area contributed by atoms with Crippen molar-refractivity contribution in [1.82, 2.24) is 10.3 Å². The Morgan fingerprint density at radius 1 is 1.21 bits per heavy atom. The molecule has 4 aromatic rings. The Labute approximate surface area is 210 Å². The number of oxazole rings is 1. The van der Waals surface area contributed by atoms with E-state index in [9.17, 15) is 9.90 Å². The van der Waals surface area contributed by atoms with Crippen LogP contribution in [0.1, 0.15) is 28.4 Å². The molecule has 0 saturated carbocycles. The van der Waals surface area contributed by atoms with Crippen molar-refractivity contribution in [2.24, 2.45) is 0 Å². The van der Waals surface area contributed by atoms with Crippen LogP contribution >= 0.6 is 28.1 Å². The van der Waals surface area contributed by atoms with Gasteiger partial charge in [-0.1, -0.05) is 13.0 Å². The Hall–Kier alpha value is -3.43. The number of amides is 1. The first-order valence-corrected chi connectivity index (χ1v) is 11.7. The van der Waals surface area contributed by atoms with Crippen molar-refractivity contribution in [2.75, 3.05) is 12.4 Å². The number of anilines is 1. The number of hydrogen-bond donors (Lipinski definition) is 3. The molecule has 0 atom stereocenters. The highest BCUT2D eigenvalue weighted by atomic mass is 79.9. The number of carbonyl (C=O) groups is 1. The third-order valence-electron chi connectivity index (χ3n) is 5.29. The molecule has 0 unspecified atom stereocenters. The largest absolute Gasteiger partial charge is 0.507 e. The zero-order chi connectivity index (χ0) is 24.4. The van der Waals surface area contributed by atoms with E-state index in [-0.39, 0.29) is 16.8 Å². The Kier molecular flexibility index (Phi) is 6.85. The fourth-order valence-electron chi connectivity index (χ4n) is 3.47. The number of carbonyl (C=O) groups excluding carboxylic acids is 1. The minimum absolute atomic E-state index is 0.0610. The van der Waals surface area contributed by atoms with E-state index in [1.807, 2.05) is 18.2 Å². The van der Waals surface area contributed by atoms with Crippen molar-refractivity contribution in [2.45, 2.75) is 20.3 Å². The molecule has 174 valence electrons. The van der Waals surface area contributed by atoms with Gasteiger partial charge in [-0.25, -0.2) is 4.98 Å². The number of halogens is 1. The van der Waals surface area contributed by atoms with E-state index in [1.165, 1.54) is 0 Å². The lowest BCUT2D eigenvalue weighted by molar-refractivity contribution is 0.0977. The van der Waals surface area contributed by atoms with Crippen molar-refractivity contribution < 1.29 is 19.1 Å². The van der Waals surface area contributed by atoms with E-state index in [0.717, 1.165) is 17.5 Å². The average Bonchev–Trinajstić information content (AvgIpc) is 3.24. The number of thiocarbonyl (C=S) groups is 1. The van der Waals surface area contributed by atoms with Crippen molar-refractivity contribution in [3.63, 3.8) is 0 Å². The number of nitrogens with one attached hydrogen (secondary N) is 2. The Bertz CT molecular complexity index is 1420. The maximum atomic E-state index is 12.6. The van der Waals surface area contributed by atoms with Crippen LogP contribution in [-0.2, 0) is 6.42 Å². The van der Waals surface area contributed by atoms with Crippen molar-refractivity contribution >= 4 is 56.0 Å². The predicted octanol–water partition coefficient (Wildman–Crippen LogP) is 5.97. The summed E-state index contributed by atoms with van der Waals surface area (Å²) >= 11 is 8.70. The molecule has 3 aromatic carbocycles. The van der Waals surface area contributed by atoms with Gasteiger partial charge in [-0.05, 0) is 95.1 Å². The Balaban J connectivity index is 1.55. The lowest BCUT2D eigenvalue weighted by Crippen LogP contribution is -2.34. The summed E-state index contributed by atoms with van der Waals surface area (Å²) in [4.78, 5) is 17.1. The number of hydrogen-bond acceptors (Lipinski definition) is 6. The number of methoxy groups -OCH3 is 1. The summed E-state index contributed by atoms with van der Waals surface area (Å²) in [7, 11) is 1.55. The number of aryl methyl sites for hydroxylation is 2. The van der Waals surface area contributed by atoms with Gasteiger partial charge in [0, 0.05) is 11.3 Å². The molecule has 3 N–H and O–H groups in total. The molecule has 9 heteroatoms. The zero-order valence-electron chi connectivity index (χ0n) is 18.7. The lowest BCUT2D eigenvalue weighted by atomic mass is 10.1. The van der Waals surface area contributed by atoms with Gasteiger partial charge in [0.25, 0.3) is 5.91 Å². The zero-order valence-corrected chi connectivity index (χ0v) is 21.1. The van der Waals surface area contributed by atoms with Crippen molar-refractivity contribution in [3.05, 3.63) is 69.7 Å². The van der Waals surface area contributed by atoms with E-state index < -0.39 is 0 Å². The Morgan fingerprint density at radius 3 is 2.71 bits per heavy atom. The summed E-state index contributed by atoms with van der Waals surface area (Å²) in [6.45, 7) is 3.83. The number of fused-ring (bicyclic) bond motifs is 1. The van der Waals surface area contributed by atoms with E-state index in [0.29, 0.717) is 44.1 Å². The molecule has 0 aliphatic rings. The van der Waals surface area contributed by atoms with Crippen LogP contribution in [0.15, 0.2) is 57.4 Å². The normalized spacial score (nSPS) is 10.8. The second kappa shape index (κ2) is 9.82. The number of benzene rings is 3. The van der Waals surface area contributed by atoms with Gasteiger partial charge < -0.3 is 19.6 Å². The smallest absolute Gasteiger partial charge is 0.257 e. The molecule has 4 rings (SSSR count). The van der Waals surface area contributed by atoms with Crippen molar-refractivity contribution in [3.8, 4) is 23.0 Å². The van der Waals surface area contributed by atoms with E-state index in [4.69, 9.17) is 21.4 Å². The molecule has 0 bridgehead atoms. The van der Waals surface area contributed by atoms with Gasteiger partial charge in [0.1, 0.15) is 17.0 Å². The second-order valence-corrected chi connectivity index (χ2v) is 8.88. The molecular formula is C25H22BrN3O4S. The molecule has 1 amide bonds. The van der Waals surface area contributed by atoms with Gasteiger partial charge in [0.15, 0.2) is 10.7 Å². The first-order valence-electron chi connectivity index (χ1n) is 10.5. The van der Waals surface area contributed by atoms with Crippen LogP contribution in [0, 0.1) is 6.92 Å². The van der Waals surface area contributed by atoms with Crippen LogP contribution in [0.4, 0.5) is 5.69 Å². The van der Waals surface area contributed by atoms with Gasteiger partial charge in [-0.15, -0.1) is 0 Å². The summed E-state index contributed by atoms with van der Waals surface area (Å²) in [5, 5.41) is 16.4. The summed E-state index contributed by atoms with van der Waals surface area (Å²) in [5.74, 6) is 0.605. The molecule has 0 spiro atoms. The Morgan fingerprint density at radius 2 is 2.00 bits per heavy atom. The number of ether oxygens (including phenoxy) is 1. The summed E-state index contributed by atoms with van der Waals surface area (Å²) < 4.78 is 11.7. The van der Waals surface area contributed by atoms with E-state index >= 15 is 0 Å². The minimum Gasteiger partial charge on any atom is -0.507 e. The quantitative estimate of drug-likeness (QED) is 0.212. The van der Waals surface area contributed by atoms with Gasteiger partial charge >= 0.3 is 0 Å². The summed E-state index contributed by atoms with van der Waals surface area (Å²) in [6.07, 6.45) is 0.887. The topological polar surface area (TPSA) is 96.6 Å². The first-order chi connectivity index (χ1) is 16.3. The molecule has 34 heavy (non-hydrogen) atoms. The highest BCUT2D eigenvalue weighted by molar-refractivity contribution is 9.10. The van der Waals surface area contributed by atoms with Crippen molar-refractivity contribution in [1.29, 1.82) is 0 Å². The molecule has 1 aromatic heterocycles. The maximum Gasteiger partial charge on any atom is 0.257 e. The first kappa shape index (κ1) is 23.7. The number of nitrogens with zero attached hydrogens (tertiary/aromatic N) is 1. The van der Waals surface area contributed by atoms with Gasteiger partial charge in [0.2, 0.25) is 5.89 Å². The molecule has 0 fully saturated rings. The van der Waals surface area contributed by atoms with Crippen LogP contribution in [-0.4, -0.2) is 28.2 Å². The predicted molar refractivity (Wildman–Crippen MR) is 140 cm³/mol. The van der Waals surface area contributed by atoms with Crippen LogP contribution < -0.4 is 15.4 Å². The molecular weight excluding hydrogens is 518 g/mol. The minimum atomic E-state index is -0.373. The molecule has 0 radical (unpaired) electrons. The lowest BCUT2D eigenvalue weighted by Gasteiger charge is -2.13. The number of aromatic nitrogens is 1. The van der Waals surface area contributed by atoms with Crippen LogP contribution in [0.2, 0.25) is 0 Å². The van der Waals surface area contributed by atoms with E-state index in [1.54, 1.807) is 44.4 Å². The van der Waals surface area contributed by atoms with Crippen LogP contribution in [0.5, 0.6) is 11.5 Å². The molecule has 0 saturated heterocycles. The molecule has 0 aliphatic heterocycles. The SMILES string of the molecule is CCc1ccc2oc(-c3cc(NC(=S)NC(=O)c4ccc(OC)c(Br)c4)cc(C)c3O)nc2c1. The molecule has 0 aliphatic carbocycles. The monoisotopic (exact) mass is 539 g/mol. The standard InChI is InChI=1S/C25H22BrN3O4S/c1-4-14-5-7-21-19(10-14)28-24(33-21)17-12-16(9-13(2)22(17)30)27-25(34)29-23(31)15-6-8-20(32-3)18(26)11-15/h5-12,30H,4H2,1-3H3,(H2,27,29,31,34). The summed E-state index contributed by atoms with van der Waals surface area (Å²) in [5.41, 5.74) is 4.51. The maximum absolute atomic E-state index is 12.6. The molecule has 1 heterocycles. The van der Waals surface area contributed by atoms with Gasteiger partial charge in [0.05, 0.1) is 17.1 Å². The molecule has 7 nitrogen and oxygen atoms in total. The van der Waals surface area contributed by atoms with Gasteiger partial charge in [-0.3, -0.25) is 10.1 Å². The van der Waals surface area contributed by atoms with E-state index in [2.05, 4.69) is 38.5 Å². The fraction of sp³-hybridized carbons (Fsp3) is 0.160. The number of aromatic hydroxyl groups is 1. The highest BCUT2D eigenvalue weighted by Crippen LogP contribution is 2.36. The highest BCUT2D eigenvalue weighted by Gasteiger charge is 2.17. The van der Waals surface area contributed by atoms with Crippen LogP contribution in [0.3, 0.4) is 0 Å².